The maximum absolute atomic E-state index is 13.1. The van der Waals surface area contributed by atoms with Gasteiger partial charge in [0, 0.05) is 0 Å². The van der Waals surface area contributed by atoms with E-state index >= 15 is 0 Å². The summed E-state index contributed by atoms with van der Waals surface area (Å²) in [5.74, 6) is -15.1. The standard InChI is InChI=1S/C13H12F7NO/c1-7-3-5-9(6-4-7)8(2)21-10(22)11(14,15)12(16,17)13(18,19)20/h3-6,8H,1-2H3,(H,21,22). The Bertz CT molecular complexity index is 536. The van der Waals surface area contributed by atoms with Gasteiger partial charge in [0.05, 0.1) is 6.04 Å². The van der Waals surface area contributed by atoms with Gasteiger partial charge in [0.2, 0.25) is 0 Å². The number of hydrogen-bond donors (Lipinski definition) is 1. The summed E-state index contributed by atoms with van der Waals surface area (Å²) in [7, 11) is 0. The molecule has 124 valence electrons. The van der Waals surface area contributed by atoms with Gasteiger partial charge in [0.1, 0.15) is 0 Å². The average molecular weight is 331 g/mol. The van der Waals surface area contributed by atoms with Crippen molar-refractivity contribution in [3.8, 4) is 0 Å². The summed E-state index contributed by atoms with van der Waals surface area (Å²) >= 11 is 0. The Hall–Kier alpha value is -1.80. The molecule has 1 aromatic rings. The van der Waals surface area contributed by atoms with E-state index < -0.39 is 30.0 Å². The van der Waals surface area contributed by atoms with E-state index in [9.17, 15) is 35.5 Å². The van der Waals surface area contributed by atoms with Gasteiger partial charge in [0.25, 0.3) is 5.91 Å². The lowest BCUT2D eigenvalue weighted by Gasteiger charge is -2.28. The number of carbonyl (C=O) groups is 1. The SMILES string of the molecule is Cc1ccc(C(C)NC(=O)C(F)(F)C(F)(F)C(F)(F)F)cc1. The number of aryl methyl sites for hydroxylation is 1. The first-order valence-electron chi connectivity index (χ1n) is 6.00. The fourth-order valence-electron chi connectivity index (χ4n) is 1.55. The molecule has 0 aliphatic rings. The molecule has 0 aliphatic carbocycles. The lowest BCUT2D eigenvalue weighted by atomic mass is 10.1. The molecule has 1 atom stereocenters. The van der Waals surface area contributed by atoms with Crippen LogP contribution in [-0.4, -0.2) is 23.9 Å². The average Bonchev–Trinajstić information content (AvgIpc) is 2.37. The van der Waals surface area contributed by atoms with Gasteiger partial charge in [-0.05, 0) is 19.4 Å². The van der Waals surface area contributed by atoms with E-state index in [2.05, 4.69) is 0 Å². The minimum absolute atomic E-state index is 0.282. The molecule has 1 aromatic carbocycles. The Labute approximate surface area is 121 Å². The van der Waals surface area contributed by atoms with Crippen molar-refractivity contribution >= 4 is 5.91 Å². The summed E-state index contributed by atoms with van der Waals surface area (Å²) in [6, 6.07) is 4.84. The highest BCUT2D eigenvalue weighted by atomic mass is 19.4. The second-order valence-corrected chi connectivity index (χ2v) is 4.75. The van der Waals surface area contributed by atoms with Crippen LogP contribution in [0.25, 0.3) is 0 Å². The lowest BCUT2D eigenvalue weighted by Crippen LogP contribution is -2.59. The van der Waals surface area contributed by atoms with Crippen molar-refractivity contribution in [1.82, 2.24) is 5.32 Å². The van der Waals surface area contributed by atoms with Crippen molar-refractivity contribution in [3.05, 3.63) is 35.4 Å². The first-order chi connectivity index (χ1) is 9.80. The Kier molecular flexibility index (Phi) is 4.79. The van der Waals surface area contributed by atoms with Gasteiger partial charge in [-0.25, -0.2) is 0 Å². The van der Waals surface area contributed by atoms with Crippen molar-refractivity contribution in [2.45, 2.75) is 37.9 Å². The zero-order chi connectivity index (χ0) is 17.3. The number of amides is 1. The molecule has 0 saturated carbocycles. The maximum atomic E-state index is 13.1. The molecule has 0 heterocycles. The van der Waals surface area contributed by atoms with Gasteiger partial charge in [-0.2, -0.15) is 30.7 Å². The van der Waals surface area contributed by atoms with E-state index in [1.165, 1.54) is 24.4 Å². The summed E-state index contributed by atoms with van der Waals surface area (Å²) in [6.45, 7) is 2.91. The summed E-state index contributed by atoms with van der Waals surface area (Å²) in [4.78, 5) is 11.2. The van der Waals surface area contributed by atoms with Crippen LogP contribution in [0.1, 0.15) is 24.1 Å². The number of alkyl halides is 7. The fourth-order valence-corrected chi connectivity index (χ4v) is 1.55. The highest BCUT2D eigenvalue weighted by Gasteiger charge is 2.76. The number of benzene rings is 1. The number of hydrogen-bond acceptors (Lipinski definition) is 1. The molecular weight excluding hydrogens is 319 g/mol. The summed E-state index contributed by atoms with van der Waals surface area (Å²) in [6.07, 6.45) is -6.54. The minimum atomic E-state index is -6.54. The van der Waals surface area contributed by atoms with Gasteiger partial charge >= 0.3 is 18.0 Å². The van der Waals surface area contributed by atoms with Crippen LogP contribution in [0.5, 0.6) is 0 Å². The molecule has 1 rings (SSSR count). The molecule has 0 aromatic heterocycles. The van der Waals surface area contributed by atoms with Crippen LogP contribution in [0, 0.1) is 6.92 Å². The van der Waals surface area contributed by atoms with Crippen molar-refractivity contribution < 1.29 is 35.5 Å². The predicted molar refractivity (Wildman–Crippen MR) is 63.7 cm³/mol. The van der Waals surface area contributed by atoms with Gasteiger partial charge < -0.3 is 5.32 Å². The van der Waals surface area contributed by atoms with Crippen molar-refractivity contribution in [2.75, 3.05) is 0 Å². The quantitative estimate of drug-likeness (QED) is 0.830. The van der Waals surface area contributed by atoms with Crippen molar-refractivity contribution in [3.63, 3.8) is 0 Å². The zero-order valence-corrected chi connectivity index (χ0v) is 11.4. The normalized spacial score (nSPS) is 14.6. The first-order valence-corrected chi connectivity index (χ1v) is 6.00. The van der Waals surface area contributed by atoms with E-state index in [1.54, 1.807) is 19.1 Å². The molecule has 1 N–H and O–H groups in total. The maximum Gasteiger partial charge on any atom is 0.460 e. The molecule has 0 aliphatic heterocycles. The molecule has 0 spiro atoms. The molecular formula is C13H12F7NO. The highest BCUT2D eigenvalue weighted by Crippen LogP contribution is 2.46. The molecule has 22 heavy (non-hydrogen) atoms. The first kappa shape index (κ1) is 18.2. The monoisotopic (exact) mass is 331 g/mol. The second-order valence-electron chi connectivity index (χ2n) is 4.75. The second kappa shape index (κ2) is 5.77. The summed E-state index contributed by atoms with van der Waals surface area (Å²) in [5.41, 5.74) is 1.10. The largest absolute Gasteiger partial charge is 0.460 e. The van der Waals surface area contributed by atoms with Gasteiger partial charge in [0.15, 0.2) is 0 Å². The summed E-state index contributed by atoms with van der Waals surface area (Å²) < 4.78 is 87.7. The highest BCUT2D eigenvalue weighted by molar-refractivity contribution is 5.85. The molecule has 2 nitrogen and oxygen atoms in total. The smallest absolute Gasteiger partial charge is 0.344 e. The van der Waals surface area contributed by atoms with Crippen molar-refractivity contribution in [2.24, 2.45) is 0 Å². The Morgan fingerprint density at radius 2 is 1.45 bits per heavy atom. The van der Waals surface area contributed by atoms with E-state index in [0.29, 0.717) is 0 Å². The van der Waals surface area contributed by atoms with Crippen molar-refractivity contribution in [1.29, 1.82) is 0 Å². The van der Waals surface area contributed by atoms with Crippen LogP contribution in [0.3, 0.4) is 0 Å². The van der Waals surface area contributed by atoms with Crippen LogP contribution in [0.4, 0.5) is 30.7 Å². The van der Waals surface area contributed by atoms with Crippen LogP contribution in [-0.2, 0) is 4.79 Å². The molecule has 0 saturated heterocycles. The number of carbonyl (C=O) groups excluding carboxylic acids is 1. The van der Waals surface area contributed by atoms with E-state index in [1.807, 2.05) is 0 Å². The Balaban J connectivity index is 2.94. The number of nitrogens with one attached hydrogen (secondary N) is 1. The molecule has 1 amide bonds. The predicted octanol–water partition coefficient (Wildman–Crippen LogP) is 4.01. The molecule has 0 radical (unpaired) electrons. The van der Waals surface area contributed by atoms with Crippen LogP contribution in [0.15, 0.2) is 24.3 Å². The lowest BCUT2D eigenvalue weighted by molar-refractivity contribution is -0.344. The molecule has 9 heteroatoms. The van der Waals surface area contributed by atoms with Crippen LogP contribution in [0.2, 0.25) is 0 Å². The number of halogens is 7. The summed E-state index contributed by atoms with van der Waals surface area (Å²) in [5, 5.41) is 1.47. The van der Waals surface area contributed by atoms with Crippen LogP contribution >= 0.6 is 0 Å². The fraction of sp³-hybridized carbons (Fsp3) is 0.462. The van der Waals surface area contributed by atoms with E-state index in [4.69, 9.17) is 0 Å². The molecule has 0 fully saturated rings. The van der Waals surface area contributed by atoms with Crippen LogP contribution < -0.4 is 5.32 Å². The molecule has 0 bridgehead atoms. The molecule has 1 unspecified atom stereocenters. The topological polar surface area (TPSA) is 29.1 Å². The third-order valence-electron chi connectivity index (χ3n) is 2.96. The third kappa shape index (κ3) is 3.33. The minimum Gasteiger partial charge on any atom is -0.344 e. The van der Waals surface area contributed by atoms with Gasteiger partial charge in [-0.3, -0.25) is 4.79 Å². The van der Waals surface area contributed by atoms with Gasteiger partial charge in [-0.15, -0.1) is 0 Å². The van der Waals surface area contributed by atoms with Gasteiger partial charge in [-0.1, -0.05) is 29.8 Å². The number of rotatable bonds is 4. The Morgan fingerprint density at radius 1 is 1.00 bits per heavy atom. The van der Waals surface area contributed by atoms with E-state index in [-0.39, 0.29) is 5.56 Å². The van der Waals surface area contributed by atoms with E-state index in [0.717, 1.165) is 5.56 Å². The zero-order valence-electron chi connectivity index (χ0n) is 11.4. The third-order valence-corrected chi connectivity index (χ3v) is 2.96. The Morgan fingerprint density at radius 3 is 1.86 bits per heavy atom.